The Hall–Kier alpha value is -1.36. The van der Waals surface area contributed by atoms with E-state index in [0.29, 0.717) is 0 Å². The highest BCUT2D eigenvalue weighted by Gasteiger charge is 2.22. The van der Waals surface area contributed by atoms with E-state index >= 15 is 0 Å². The van der Waals surface area contributed by atoms with Crippen LogP contribution in [0.1, 0.15) is 24.6 Å². The Morgan fingerprint density at radius 1 is 1.60 bits per heavy atom. The van der Waals surface area contributed by atoms with Gasteiger partial charge in [0.1, 0.15) is 5.82 Å². The summed E-state index contributed by atoms with van der Waals surface area (Å²) in [7, 11) is 1.84. The number of carbonyl (C=O) groups excluding carboxylic acids is 1. The lowest BCUT2D eigenvalue weighted by Gasteiger charge is -2.09. The van der Waals surface area contributed by atoms with Gasteiger partial charge in [-0.05, 0) is 26.2 Å². The van der Waals surface area contributed by atoms with Gasteiger partial charge in [-0.25, -0.2) is 0 Å². The number of aryl methyl sites for hydroxylation is 2. The molecule has 1 unspecified atom stereocenters. The Balaban J connectivity index is 2.25. The summed E-state index contributed by atoms with van der Waals surface area (Å²) in [6.07, 6.45) is 3.13. The van der Waals surface area contributed by atoms with Crippen LogP contribution in [0.5, 0.6) is 0 Å². The molecule has 0 spiro atoms. The lowest BCUT2D eigenvalue weighted by molar-refractivity contribution is -0.117. The minimum Gasteiger partial charge on any atom is -0.320 e. The van der Waals surface area contributed by atoms with Crippen molar-refractivity contribution in [2.75, 3.05) is 5.32 Å². The van der Waals surface area contributed by atoms with Crippen molar-refractivity contribution < 1.29 is 4.79 Å². The van der Waals surface area contributed by atoms with E-state index in [1.165, 1.54) is 5.56 Å². The second-order valence-corrected chi connectivity index (χ2v) is 4.03. The van der Waals surface area contributed by atoms with E-state index in [9.17, 15) is 4.79 Å². The molecule has 1 heterocycles. The summed E-state index contributed by atoms with van der Waals surface area (Å²) >= 11 is 0. The summed E-state index contributed by atoms with van der Waals surface area (Å²) in [4.78, 5) is 11.5. The van der Waals surface area contributed by atoms with Crippen molar-refractivity contribution in [3.63, 3.8) is 0 Å². The van der Waals surface area contributed by atoms with Crippen LogP contribution >= 0.6 is 0 Å². The molecule has 0 aliphatic heterocycles. The van der Waals surface area contributed by atoms with Crippen LogP contribution in [0.25, 0.3) is 0 Å². The van der Waals surface area contributed by atoms with Crippen LogP contribution in [0.4, 0.5) is 5.82 Å². The summed E-state index contributed by atoms with van der Waals surface area (Å²) in [5.41, 5.74) is 7.79. The first-order chi connectivity index (χ1) is 7.09. The number of nitrogens with one attached hydrogen (secondary N) is 1. The van der Waals surface area contributed by atoms with Crippen LogP contribution < -0.4 is 11.1 Å². The summed E-state index contributed by atoms with van der Waals surface area (Å²) in [5.74, 6) is 0.650. The monoisotopic (exact) mass is 208 g/mol. The third-order valence-corrected chi connectivity index (χ3v) is 2.72. The van der Waals surface area contributed by atoms with E-state index in [1.807, 2.05) is 7.05 Å². The summed E-state index contributed by atoms with van der Waals surface area (Å²) in [6, 6.07) is -0.489. The Kier molecular flexibility index (Phi) is 2.48. The average molecular weight is 208 g/mol. The van der Waals surface area contributed by atoms with Gasteiger partial charge in [-0.1, -0.05) is 0 Å². The highest BCUT2D eigenvalue weighted by molar-refractivity contribution is 5.94. The maximum atomic E-state index is 11.5. The van der Waals surface area contributed by atoms with Crippen LogP contribution in [-0.4, -0.2) is 21.7 Å². The largest absolute Gasteiger partial charge is 0.320 e. The molecule has 5 nitrogen and oxygen atoms in total. The topological polar surface area (TPSA) is 72.9 Å². The van der Waals surface area contributed by atoms with Gasteiger partial charge in [-0.2, -0.15) is 5.10 Å². The average Bonchev–Trinajstić information content (AvgIpc) is 2.69. The van der Waals surface area contributed by atoms with E-state index in [0.717, 1.165) is 30.8 Å². The van der Waals surface area contributed by atoms with Gasteiger partial charge >= 0.3 is 0 Å². The predicted octanol–water partition coefficient (Wildman–Crippen LogP) is 0.194. The molecule has 0 aromatic carbocycles. The number of rotatable bonds is 2. The number of fused-ring (bicyclic) bond motifs is 1. The summed E-state index contributed by atoms with van der Waals surface area (Å²) in [6.45, 7) is 1.67. The number of hydrogen-bond donors (Lipinski definition) is 2. The second-order valence-electron chi connectivity index (χ2n) is 4.03. The highest BCUT2D eigenvalue weighted by atomic mass is 16.2. The van der Waals surface area contributed by atoms with Gasteiger partial charge in [0.2, 0.25) is 5.91 Å². The van der Waals surface area contributed by atoms with Crippen molar-refractivity contribution in [3.8, 4) is 0 Å². The molecule has 1 aliphatic carbocycles. The number of carbonyl (C=O) groups is 1. The van der Waals surface area contributed by atoms with Crippen LogP contribution in [0.2, 0.25) is 0 Å². The molecular weight excluding hydrogens is 192 g/mol. The van der Waals surface area contributed by atoms with Crippen LogP contribution in [0.3, 0.4) is 0 Å². The summed E-state index contributed by atoms with van der Waals surface area (Å²) < 4.78 is 1.73. The molecule has 0 radical (unpaired) electrons. The zero-order valence-corrected chi connectivity index (χ0v) is 9.08. The fraction of sp³-hybridized carbons (Fsp3) is 0.600. The van der Waals surface area contributed by atoms with Crippen LogP contribution in [0.15, 0.2) is 0 Å². The Bertz CT molecular complexity index is 394. The quantitative estimate of drug-likeness (QED) is 0.729. The van der Waals surface area contributed by atoms with E-state index in [1.54, 1.807) is 11.6 Å². The predicted molar refractivity (Wildman–Crippen MR) is 57.5 cm³/mol. The molecule has 0 saturated heterocycles. The van der Waals surface area contributed by atoms with Gasteiger partial charge in [0, 0.05) is 12.6 Å². The van der Waals surface area contributed by atoms with Crippen molar-refractivity contribution in [2.45, 2.75) is 32.2 Å². The second kappa shape index (κ2) is 3.66. The summed E-state index contributed by atoms with van der Waals surface area (Å²) in [5, 5.41) is 7.19. The zero-order valence-electron chi connectivity index (χ0n) is 9.08. The highest BCUT2D eigenvalue weighted by Crippen LogP contribution is 2.27. The molecule has 5 heteroatoms. The van der Waals surface area contributed by atoms with Crippen molar-refractivity contribution in [1.29, 1.82) is 0 Å². The lowest BCUT2D eigenvalue weighted by atomic mass is 10.2. The molecule has 1 aromatic heterocycles. The lowest BCUT2D eigenvalue weighted by Crippen LogP contribution is -2.33. The van der Waals surface area contributed by atoms with Crippen LogP contribution in [0, 0.1) is 0 Å². The minimum absolute atomic E-state index is 0.160. The van der Waals surface area contributed by atoms with Gasteiger partial charge in [-0.3, -0.25) is 9.48 Å². The number of nitrogens with zero attached hydrogens (tertiary/aromatic N) is 2. The number of amides is 1. The first-order valence-electron chi connectivity index (χ1n) is 5.21. The standard InChI is InChI=1S/C10H16N4O/c1-6(11)10(15)12-9-7-4-3-5-8(7)13-14(9)2/h6H,3-5,11H2,1-2H3,(H,12,15). The van der Waals surface area contributed by atoms with Gasteiger partial charge in [0.25, 0.3) is 0 Å². The molecule has 0 saturated carbocycles. The molecule has 2 rings (SSSR count). The van der Waals surface area contributed by atoms with Crippen molar-refractivity contribution >= 4 is 11.7 Å². The molecule has 3 N–H and O–H groups in total. The molecule has 1 aromatic rings. The fourth-order valence-electron chi connectivity index (χ4n) is 1.91. The normalized spacial score (nSPS) is 16.2. The third kappa shape index (κ3) is 1.74. The Morgan fingerprint density at radius 3 is 3.00 bits per heavy atom. The molecular formula is C10H16N4O. The number of hydrogen-bond acceptors (Lipinski definition) is 3. The van der Waals surface area contributed by atoms with Gasteiger partial charge in [0.05, 0.1) is 11.7 Å². The molecule has 0 fully saturated rings. The van der Waals surface area contributed by atoms with Crippen molar-refractivity contribution in [2.24, 2.45) is 12.8 Å². The molecule has 1 atom stereocenters. The van der Waals surface area contributed by atoms with Crippen LogP contribution in [-0.2, 0) is 24.7 Å². The van der Waals surface area contributed by atoms with E-state index < -0.39 is 6.04 Å². The van der Waals surface area contributed by atoms with Crippen molar-refractivity contribution in [1.82, 2.24) is 9.78 Å². The SMILES string of the molecule is CC(N)C(=O)Nc1c2c(nn1C)CCC2. The zero-order chi connectivity index (χ0) is 11.0. The first-order valence-corrected chi connectivity index (χ1v) is 5.21. The number of nitrogens with two attached hydrogens (primary N) is 1. The minimum atomic E-state index is -0.489. The molecule has 0 bridgehead atoms. The Labute approximate surface area is 88.6 Å². The number of aromatic nitrogens is 2. The maximum Gasteiger partial charge on any atom is 0.242 e. The van der Waals surface area contributed by atoms with E-state index in [2.05, 4.69) is 10.4 Å². The van der Waals surface area contributed by atoms with E-state index in [4.69, 9.17) is 5.73 Å². The maximum absolute atomic E-state index is 11.5. The van der Waals surface area contributed by atoms with Gasteiger partial charge in [0.15, 0.2) is 0 Å². The molecule has 15 heavy (non-hydrogen) atoms. The van der Waals surface area contributed by atoms with Gasteiger partial charge < -0.3 is 11.1 Å². The fourth-order valence-corrected chi connectivity index (χ4v) is 1.91. The van der Waals surface area contributed by atoms with Crippen molar-refractivity contribution in [3.05, 3.63) is 11.3 Å². The van der Waals surface area contributed by atoms with E-state index in [-0.39, 0.29) is 5.91 Å². The third-order valence-electron chi connectivity index (χ3n) is 2.72. The van der Waals surface area contributed by atoms with Gasteiger partial charge in [-0.15, -0.1) is 0 Å². The first kappa shape index (κ1) is 10.2. The molecule has 82 valence electrons. The molecule has 1 aliphatic rings. The number of anilines is 1. The Morgan fingerprint density at radius 2 is 2.33 bits per heavy atom. The molecule has 1 amide bonds. The smallest absolute Gasteiger partial charge is 0.242 e.